The van der Waals surface area contributed by atoms with Gasteiger partial charge in [-0.25, -0.2) is 0 Å². The van der Waals surface area contributed by atoms with Crippen molar-refractivity contribution in [1.29, 1.82) is 10.5 Å². The average Bonchev–Trinajstić information content (AvgIpc) is 3.16. The van der Waals surface area contributed by atoms with Gasteiger partial charge in [-0.3, -0.25) is 4.79 Å². The van der Waals surface area contributed by atoms with Gasteiger partial charge < -0.3 is 9.73 Å². The highest BCUT2D eigenvalue weighted by atomic mass is 16.3. The summed E-state index contributed by atoms with van der Waals surface area (Å²) >= 11 is 0. The number of amides is 1. The van der Waals surface area contributed by atoms with E-state index in [0.717, 1.165) is 11.1 Å². The molecule has 27 heavy (non-hydrogen) atoms. The molecule has 0 saturated carbocycles. The lowest BCUT2D eigenvalue weighted by molar-refractivity contribution is -0.112. The Kier molecular flexibility index (Phi) is 5.16. The first-order valence-corrected chi connectivity index (χ1v) is 8.20. The minimum Gasteiger partial charge on any atom is -0.457 e. The van der Waals surface area contributed by atoms with Gasteiger partial charge in [0.15, 0.2) is 0 Å². The van der Waals surface area contributed by atoms with E-state index in [-0.39, 0.29) is 5.57 Å². The Hall–Kier alpha value is -4.09. The Morgan fingerprint density at radius 1 is 1.04 bits per heavy atom. The lowest BCUT2D eigenvalue weighted by atomic mass is 10.1. The van der Waals surface area contributed by atoms with Crippen LogP contribution in [0.3, 0.4) is 0 Å². The lowest BCUT2D eigenvalue weighted by Gasteiger charge is -2.06. The summed E-state index contributed by atoms with van der Waals surface area (Å²) in [4.78, 5) is 12.4. The molecule has 130 valence electrons. The van der Waals surface area contributed by atoms with Crippen molar-refractivity contribution in [2.45, 2.75) is 6.92 Å². The molecule has 1 heterocycles. The molecule has 0 spiro atoms. The third-order valence-corrected chi connectivity index (χ3v) is 3.97. The van der Waals surface area contributed by atoms with Crippen LogP contribution < -0.4 is 5.32 Å². The summed E-state index contributed by atoms with van der Waals surface area (Å²) in [7, 11) is 0. The molecule has 0 bridgehead atoms. The van der Waals surface area contributed by atoms with Crippen molar-refractivity contribution in [3.8, 4) is 23.5 Å². The van der Waals surface area contributed by atoms with Gasteiger partial charge in [-0.1, -0.05) is 18.2 Å². The minimum atomic E-state index is -0.497. The van der Waals surface area contributed by atoms with Gasteiger partial charge in [-0.2, -0.15) is 10.5 Å². The number of aryl methyl sites for hydroxylation is 1. The zero-order chi connectivity index (χ0) is 19.2. The van der Waals surface area contributed by atoms with Gasteiger partial charge in [0.25, 0.3) is 5.91 Å². The van der Waals surface area contributed by atoms with Crippen LogP contribution in [0.1, 0.15) is 16.9 Å². The molecule has 0 atom stereocenters. The third-order valence-electron chi connectivity index (χ3n) is 3.97. The molecule has 1 amide bonds. The normalized spacial score (nSPS) is 10.7. The number of nitriles is 2. The van der Waals surface area contributed by atoms with Crippen LogP contribution >= 0.6 is 0 Å². The topological polar surface area (TPSA) is 89.8 Å². The molecule has 3 aromatic rings. The molecule has 0 unspecified atom stereocenters. The van der Waals surface area contributed by atoms with E-state index < -0.39 is 5.91 Å². The predicted octanol–water partition coefficient (Wildman–Crippen LogP) is 4.67. The fourth-order valence-corrected chi connectivity index (χ4v) is 2.49. The second kappa shape index (κ2) is 7.86. The van der Waals surface area contributed by atoms with E-state index in [1.54, 1.807) is 42.5 Å². The zero-order valence-electron chi connectivity index (χ0n) is 14.6. The van der Waals surface area contributed by atoms with E-state index in [1.165, 1.54) is 6.08 Å². The highest BCUT2D eigenvalue weighted by Crippen LogP contribution is 2.24. The molecule has 1 aromatic heterocycles. The van der Waals surface area contributed by atoms with Crippen LogP contribution in [0, 0.1) is 29.6 Å². The molecule has 0 saturated heterocycles. The molecule has 0 radical (unpaired) electrons. The Morgan fingerprint density at radius 3 is 2.44 bits per heavy atom. The Labute approximate surface area is 156 Å². The number of carbonyl (C=O) groups excluding carboxylic acids is 1. The zero-order valence-corrected chi connectivity index (χ0v) is 14.6. The van der Waals surface area contributed by atoms with Gasteiger partial charge in [0.05, 0.1) is 11.6 Å². The van der Waals surface area contributed by atoms with Crippen LogP contribution in [0.15, 0.2) is 70.7 Å². The molecule has 0 aliphatic carbocycles. The first-order chi connectivity index (χ1) is 13.1. The molecular formula is C22H15N3O2. The number of furan rings is 1. The third kappa shape index (κ3) is 4.12. The first kappa shape index (κ1) is 17.7. The number of hydrogen-bond donors (Lipinski definition) is 1. The van der Waals surface area contributed by atoms with Crippen LogP contribution in [-0.4, -0.2) is 5.91 Å². The second-order valence-corrected chi connectivity index (χ2v) is 5.83. The fraction of sp³-hybridized carbons (Fsp3) is 0.0455. The number of para-hydroxylation sites is 1. The summed E-state index contributed by atoms with van der Waals surface area (Å²) in [5.41, 5.74) is 2.87. The van der Waals surface area contributed by atoms with Crippen LogP contribution in [0.25, 0.3) is 17.4 Å². The number of benzene rings is 2. The van der Waals surface area contributed by atoms with Crippen LogP contribution in [0.5, 0.6) is 0 Å². The largest absolute Gasteiger partial charge is 0.457 e. The minimum absolute atomic E-state index is 0.0565. The smallest absolute Gasteiger partial charge is 0.266 e. The number of carbonyl (C=O) groups is 1. The summed E-state index contributed by atoms with van der Waals surface area (Å²) in [6.07, 6.45) is 1.40. The van der Waals surface area contributed by atoms with Crippen molar-refractivity contribution in [3.63, 3.8) is 0 Å². The molecule has 3 rings (SSSR count). The highest BCUT2D eigenvalue weighted by Gasteiger charge is 2.12. The fourth-order valence-electron chi connectivity index (χ4n) is 2.49. The van der Waals surface area contributed by atoms with Crippen LogP contribution in [0.2, 0.25) is 0 Å². The molecule has 0 fully saturated rings. The maximum absolute atomic E-state index is 12.4. The Morgan fingerprint density at radius 2 is 1.78 bits per heavy atom. The monoisotopic (exact) mass is 353 g/mol. The molecule has 5 heteroatoms. The van der Waals surface area contributed by atoms with Gasteiger partial charge in [-0.15, -0.1) is 0 Å². The van der Waals surface area contributed by atoms with Gasteiger partial charge in [0, 0.05) is 17.3 Å². The van der Waals surface area contributed by atoms with Crippen molar-refractivity contribution in [1.82, 2.24) is 0 Å². The molecule has 2 aromatic carbocycles. The van der Waals surface area contributed by atoms with Crippen molar-refractivity contribution < 1.29 is 9.21 Å². The Bertz CT molecular complexity index is 1090. The van der Waals surface area contributed by atoms with Crippen molar-refractivity contribution >= 4 is 17.7 Å². The van der Waals surface area contributed by atoms with E-state index in [9.17, 15) is 10.1 Å². The summed E-state index contributed by atoms with van der Waals surface area (Å²) in [5.74, 6) is 0.483. The predicted molar refractivity (Wildman–Crippen MR) is 102 cm³/mol. The summed E-state index contributed by atoms with van der Waals surface area (Å²) in [6, 6.07) is 21.7. The molecule has 0 aliphatic rings. The van der Waals surface area contributed by atoms with Crippen molar-refractivity contribution in [2.24, 2.45) is 0 Å². The number of nitrogens with zero attached hydrogens (tertiary/aromatic N) is 2. The van der Waals surface area contributed by atoms with Gasteiger partial charge >= 0.3 is 0 Å². The molecule has 0 aliphatic heterocycles. The quantitative estimate of drug-likeness (QED) is 0.545. The summed E-state index contributed by atoms with van der Waals surface area (Å²) < 4.78 is 5.71. The van der Waals surface area contributed by atoms with Gasteiger partial charge in [0.2, 0.25) is 0 Å². The van der Waals surface area contributed by atoms with E-state index in [2.05, 4.69) is 11.4 Å². The van der Waals surface area contributed by atoms with E-state index >= 15 is 0 Å². The second-order valence-electron chi connectivity index (χ2n) is 5.83. The van der Waals surface area contributed by atoms with E-state index in [0.29, 0.717) is 22.8 Å². The summed E-state index contributed by atoms with van der Waals surface area (Å²) in [6.45, 7) is 1.88. The van der Waals surface area contributed by atoms with E-state index in [1.807, 2.05) is 31.2 Å². The van der Waals surface area contributed by atoms with Crippen molar-refractivity contribution in [2.75, 3.05) is 5.32 Å². The van der Waals surface area contributed by atoms with Gasteiger partial charge in [0.1, 0.15) is 23.2 Å². The SMILES string of the molecule is Cc1ccccc1NC(=O)/C(C#N)=C\c1ccc(-c2ccc(C#N)cc2)o1. The number of hydrogen-bond acceptors (Lipinski definition) is 4. The summed E-state index contributed by atoms with van der Waals surface area (Å²) in [5, 5.41) is 20.9. The molecule has 1 N–H and O–H groups in total. The average molecular weight is 353 g/mol. The van der Waals surface area contributed by atoms with E-state index in [4.69, 9.17) is 9.68 Å². The van der Waals surface area contributed by atoms with Crippen LogP contribution in [0.4, 0.5) is 5.69 Å². The maximum atomic E-state index is 12.4. The first-order valence-electron chi connectivity index (χ1n) is 8.20. The number of anilines is 1. The van der Waals surface area contributed by atoms with Crippen molar-refractivity contribution in [3.05, 3.63) is 83.1 Å². The molecular weight excluding hydrogens is 338 g/mol. The number of nitrogens with one attached hydrogen (secondary N) is 1. The number of rotatable bonds is 4. The lowest BCUT2D eigenvalue weighted by Crippen LogP contribution is -2.14. The standard InChI is InChI=1S/C22H15N3O2/c1-15-4-2-3-5-20(15)25-22(26)18(14-24)12-19-10-11-21(27-19)17-8-6-16(13-23)7-9-17/h2-12H,1H3,(H,25,26)/b18-12-. The molecule has 5 nitrogen and oxygen atoms in total. The van der Waals surface area contributed by atoms with Gasteiger partial charge in [-0.05, 0) is 55.0 Å². The Balaban J connectivity index is 1.81. The maximum Gasteiger partial charge on any atom is 0.266 e. The highest BCUT2D eigenvalue weighted by molar-refractivity contribution is 6.09. The van der Waals surface area contributed by atoms with Crippen LogP contribution in [-0.2, 0) is 4.79 Å².